The number of aromatic nitrogens is 1. The Balaban J connectivity index is 1.75. The highest BCUT2D eigenvalue weighted by Gasteiger charge is 2.00. The maximum Gasteiger partial charge on any atom is 0.191 e. The first-order valence-electron chi connectivity index (χ1n) is 8.08. The highest BCUT2D eigenvalue weighted by molar-refractivity contribution is 6.31. The van der Waals surface area contributed by atoms with E-state index in [1.54, 1.807) is 12.4 Å². The molecule has 2 N–H and O–H groups in total. The molecule has 1 aromatic heterocycles. The number of nitrogens with one attached hydrogen (secondary N) is 2. The van der Waals surface area contributed by atoms with E-state index in [1.165, 1.54) is 0 Å². The molecule has 0 aliphatic rings. The average molecular weight is 347 g/mol. The standard InChI is InChI=1S/C18H23ClN4O/c1-2-21-18(22-11-9-15-6-3-4-8-17(15)19)23-12-13-24-16-7-5-10-20-14-16/h3-8,10,14H,2,9,11-13H2,1H3,(H2,21,22,23). The maximum atomic E-state index is 6.16. The molecule has 2 rings (SSSR count). The number of hydrogen-bond donors (Lipinski definition) is 2. The van der Waals surface area contributed by atoms with Gasteiger partial charge in [-0.1, -0.05) is 29.8 Å². The number of pyridine rings is 1. The largest absolute Gasteiger partial charge is 0.490 e. The van der Waals surface area contributed by atoms with Crippen LogP contribution >= 0.6 is 11.6 Å². The first-order valence-corrected chi connectivity index (χ1v) is 8.46. The first-order chi connectivity index (χ1) is 11.8. The van der Waals surface area contributed by atoms with Crippen LogP contribution in [0.3, 0.4) is 0 Å². The van der Waals surface area contributed by atoms with Gasteiger partial charge in [0, 0.05) is 24.3 Å². The predicted molar refractivity (Wildman–Crippen MR) is 98.9 cm³/mol. The summed E-state index contributed by atoms with van der Waals surface area (Å²) in [6.07, 6.45) is 4.23. The predicted octanol–water partition coefficient (Wildman–Crippen LogP) is 2.91. The van der Waals surface area contributed by atoms with Crippen LogP contribution in [0.4, 0.5) is 0 Å². The molecule has 0 saturated carbocycles. The van der Waals surface area contributed by atoms with Gasteiger partial charge in [-0.3, -0.25) is 9.98 Å². The molecule has 24 heavy (non-hydrogen) atoms. The Morgan fingerprint density at radius 3 is 2.83 bits per heavy atom. The first kappa shape index (κ1) is 18.1. The van der Waals surface area contributed by atoms with Gasteiger partial charge in [0.25, 0.3) is 0 Å². The third-order valence-corrected chi connectivity index (χ3v) is 3.62. The number of guanidine groups is 1. The molecule has 128 valence electrons. The number of nitrogens with zero attached hydrogens (tertiary/aromatic N) is 2. The van der Waals surface area contributed by atoms with E-state index in [0.717, 1.165) is 35.3 Å². The van der Waals surface area contributed by atoms with Crippen LogP contribution in [0, 0.1) is 0 Å². The van der Waals surface area contributed by atoms with Crippen molar-refractivity contribution in [1.29, 1.82) is 0 Å². The summed E-state index contributed by atoms with van der Waals surface area (Å²) >= 11 is 6.16. The fraction of sp³-hybridized carbons (Fsp3) is 0.333. The quantitative estimate of drug-likeness (QED) is 0.438. The van der Waals surface area contributed by atoms with Crippen molar-refractivity contribution in [3.05, 3.63) is 59.4 Å². The van der Waals surface area contributed by atoms with Crippen molar-refractivity contribution in [2.24, 2.45) is 4.99 Å². The molecular weight excluding hydrogens is 324 g/mol. The minimum Gasteiger partial charge on any atom is -0.490 e. The van der Waals surface area contributed by atoms with Gasteiger partial charge in [0.1, 0.15) is 12.4 Å². The fourth-order valence-corrected chi connectivity index (χ4v) is 2.33. The van der Waals surface area contributed by atoms with Crippen LogP contribution in [-0.4, -0.2) is 37.2 Å². The molecule has 5 nitrogen and oxygen atoms in total. The van der Waals surface area contributed by atoms with Gasteiger partial charge in [0.05, 0.1) is 12.7 Å². The van der Waals surface area contributed by atoms with Crippen molar-refractivity contribution in [3.8, 4) is 5.75 Å². The van der Waals surface area contributed by atoms with E-state index < -0.39 is 0 Å². The van der Waals surface area contributed by atoms with Gasteiger partial charge >= 0.3 is 0 Å². The zero-order valence-corrected chi connectivity index (χ0v) is 14.6. The monoisotopic (exact) mass is 346 g/mol. The Hall–Kier alpha value is -2.27. The molecule has 0 aliphatic carbocycles. The summed E-state index contributed by atoms with van der Waals surface area (Å²) in [6, 6.07) is 11.6. The van der Waals surface area contributed by atoms with E-state index in [-0.39, 0.29) is 0 Å². The van der Waals surface area contributed by atoms with Crippen LogP contribution in [0.5, 0.6) is 5.75 Å². The molecule has 0 aliphatic heterocycles. The number of aliphatic imine (C=N–C) groups is 1. The van der Waals surface area contributed by atoms with Gasteiger partial charge in [-0.05, 0) is 37.1 Å². The average Bonchev–Trinajstić information content (AvgIpc) is 2.61. The molecule has 0 spiro atoms. The third-order valence-electron chi connectivity index (χ3n) is 3.25. The third kappa shape index (κ3) is 6.46. The normalized spacial score (nSPS) is 11.2. The maximum absolute atomic E-state index is 6.16. The van der Waals surface area contributed by atoms with Crippen LogP contribution in [0.15, 0.2) is 53.8 Å². The molecule has 0 saturated heterocycles. The van der Waals surface area contributed by atoms with E-state index in [0.29, 0.717) is 19.7 Å². The Morgan fingerprint density at radius 1 is 1.21 bits per heavy atom. The van der Waals surface area contributed by atoms with E-state index in [2.05, 4.69) is 20.6 Å². The second kappa shape index (κ2) is 10.5. The number of hydrogen-bond acceptors (Lipinski definition) is 3. The summed E-state index contributed by atoms with van der Waals surface area (Å²) in [6.45, 7) is 4.72. The molecule has 0 radical (unpaired) electrons. The lowest BCUT2D eigenvalue weighted by atomic mass is 10.1. The molecular formula is C18H23ClN4O. The van der Waals surface area contributed by atoms with E-state index in [9.17, 15) is 0 Å². The van der Waals surface area contributed by atoms with Crippen molar-refractivity contribution in [2.45, 2.75) is 13.3 Å². The highest BCUT2D eigenvalue weighted by atomic mass is 35.5. The molecule has 0 amide bonds. The molecule has 1 aromatic carbocycles. The summed E-state index contributed by atoms with van der Waals surface area (Å²) in [5.41, 5.74) is 1.11. The molecule has 2 aromatic rings. The lowest BCUT2D eigenvalue weighted by Gasteiger charge is -2.12. The number of rotatable bonds is 8. The zero-order valence-electron chi connectivity index (χ0n) is 13.8. The number of halogens is 1. The summed E-state index contributed by atoms with van der Waals surface area (Å²) in [5.74, 6) is 1.54. The van der Waals surface area contributed by atoms with Gasteiger partial charge in [-0.25, -0.2) is 0 Å². The Bertz CT molecular complexity index is 634. The molecule has 6 heteroatoms. The zero-order chi connectivity index (χ0) is 17.0. The van der Waals surface area contributed by atoms with Crippen molar-refractivity contribution in [1.82, 2.24) is 15.6 Å². The van der Waals surface area contributed by atoms with Crippen molar-refractivity contribution < 1.29 is 4.74 Å². The van der Waals surface area contributed by atoms with Crippen LogP contribution in [0.1, 0.15) is 12.5 Å². The summed E-state index contributed by atoms with van der Waals surface area (Å²) in [5, 5.41) is 7.26. The van der Waals surface area contributed by atoms with Gasteiger partial charge in [-0.15, -0.1) is 0 Å². The van der Waals surface area contributed by atoms with Crippen LogP contribution in [0.25, 0.3) is 0 Å². The topological polar surface area (TPSA) is 58.5 Å². The molecule has 0 bridgehead atoms. The smallest absolute Gasteiger partial charge is 0.191 e. The molecule has 0 fully saturated rings. The SMILES string of the molecule is CCNC(=NCCc1ccccc1Cl)NCCOc1cccnc1. The van der Waals surface area contributed by atoms with Gasteiger partial charge in [0.2, 0.25) is 0 Å². The second-order valence-electron chi connectivity index (χ2n) is 5.07. The molecule has 1 heterocycles. The van der Waals surface area contributed by atoms with Crippen LogP contribution in [-0.2, 0) is 6.42 Å². The minimum atomic E-state index is 0.542. The van der Waals surface area contributed by atoms with E-state index in [4.69, 9.17) is 16.3 Å². The minimum absolute atomic E-state index is 0.542. The molecule has 0 atom stereocenters. The Labute approximate surface area is 148 Å². The Kier molecular flexibility index (Phi) is 7.90. The number of ether oxygens (including phenoxy) is 1. The Morgan fingerprint density at radius 2 is 2.08 bits per heavy atom. The highest BCUT2D eigenvalue weighted by Crippen LogP contribution is 2.15. The summed E-state index contributed by atoms with van der Waals surface area (Å²) in [4.78, 5) is 8.57. The number of benzene rings is 1. The van der Waals surface area contributed by atoms with Crippen molar-refractivity contribution in [2.75, 3.05) is 26.2 Å². The lowest BCUT2D eigenvalue weighted by molar-refractivity contribution is 0.320. The van der Waals surface area contributed by atoms with E-state index >= 15 is 0 Å². The van der Waals surface area contributed by atoms with Crippen molar-refractivity contribution >= 4 is 17.6 Å². The van der Waals surface area contributed by atoms with Gasteiger partial charge in [0.15, 0.2) is 5.96 Å². The van der Waals surface area contributed by atoms with Gasteiger partial charge < -0.3 is 15.4 Å². The van der Waals surface area contributed by atoms with Gasteiger partial charge in [-0.2, -0.15) is 0 Å². The summed E-state index contributed by atoms with van der Waals surface area (Å²) in [7, 11) is 0. The second-order valence-corrected chi connectivity index (χ2v) is 5.47. The van der Waals surface area contributed by atoms with Crippen molar-refractivity contribution in [3.63, 3.8) is 0 Å². The summed E-state index contributed by atoms with van der Waals surface area (Å²) < 4.78 is 5.60. The lowest BCUT2D eigenvalue weighted by Crippen LogP contribution is -2.39. The van der Waals surface area contributed by atoms with Crippen LogP contribution in [0.2, 0.25) is 5.02 Å². The fourth-order valence-electron chi connectivity index (χ4n) is 2.10. The van der Waals surface area contributed by atoms with E-state index in [1.807, 2.05) is 43.3 Å². The molecule has 0 unspecified atom stereocenters. The van der Waals surface area contributed by atoms with Crippen LogP contribution < -0.4 is 15.4 Å².